The molecule has 14 heteroatoms. The van der Waals surface area contributed by atoms with Crippen LogP contribution in [-0.4, -0.2) is 41.8 Å². The van der Waals surface area contributed by atoms with E-state index in [4.69, 9.17) is 4.74 Å². The summed E-state index contributed by atoms with van der Waals surface area (Å²) in [5, 5.41) is 0. The molecule has 0 radical (unpaired) electrons. The topological polar surface area (TPSA) is 49.9 Å². The van der Waals surface area contributed by atoms with Crippen molar-refractivity contribution in [1.29, 1.82) is 0 Å². The minimum atomic E-state index is -5.12. The summed E-state index contributed by atoms with van der Waals surface area (Å²) < 4.78 is 131. The van der Waals surface area contributed by atoms with Crippen molar-refractivity contribution in [2.45, 2.75) is 63.3 Å². The summed E-state index contributed by atoms with van der Waals surface area (Å²) in [6.07, 6.45) is -14.9. The number of fused-ring (bicyclic) bond motifs is 1. The van der Waals surface area contributed by atoms with Crippen LogP contribution < -0.4 is 4.74 Å². The third-order valence-electron chi connectivity index (χ3n) is 9.86. The number of Topliss-reactive ketones (excluding diaryl/α,β-unsaturated/α-hetero) is 1. The molecule has 0 saturated carbocycles. The number of carbonyl (C=O) groups is 2. The van der Waals surface area contributed by atoms with Crippen LogP contribution in [-0.2, 0) is 18.5 Å². The molecule has 2 fully saturated rings. The van der Waals surface area contributed by atoms with E-state index in [0.717, 1.165) is 28.2 Å². The third-order valence-corrected chi connectivity index (χ3v) is 9.86. The number of halogens is 9. The van der Waals surface area contributed by atoms with Crippen molar-refractivity contribution in [1.82, 2.24) is 9.80 Å². The van der Waals surface area contributed by atoms with Crippen molar-refractivity contribution in [3.63, 3.8) is 0 Å². The molecule has 2 heterocycles. The van der Waals surface area contributed by atoms with Gasteiger partial charge in [0.15, 0.2) is 5.78 Å². The zero-order valence-corrected chi connectivity index (χ0v) is 28.1. The first kappa shape index (κ1) is 36.8. The van der Waals surface area contributed by atoms with Crippen LogP contribution in [0.2, 0.25) is 0 Å². The van der Waals surface area contributed by atoms with Gasteiger partial charge in [-0.2, -0.15) is 39.5 Å². The third kappa shape index (κ3) is 6.58. The Morgan fingerprint density at radius 1 is 0.731 bits per heavy atom. The van der Waals surface area contributed by atoms with Crippen LogP contribution in [0, 0.1) is 6.92 Å². The molecular weight excluding hydrogens is 703 g/mol. The first-order valence-electron chi connectivity index (χ1n) is 16.1. The van der Waals surface area contributed by atoms with Gasteiger partial charge in [-0.1, -0.05) is 24.3 Å². The highest BCUT2D eigenvalue weighted by Gasteiger charge is 2.53. The van der Waals surface area contributed by atoms with Crippen LogP contribution in [0.25, 0.3) is 22.3 Å². The zero-order valence-electron chi connectivity index (χ0n) is 28.1. The van der Waals surface area contributed by atoms with E-state index in [1.54, 1.807) is 36.4 Å². The Morgan fingerprint density at radius 3 is 1.90 bits per heavy atom. The van der Waals surface area contributed by atoms with Crippen LogP contribution in [0.4, 0.5) is 44.3 Å². The normalized spacial score (nSPS) is 19.3. The summed E-state index contributed by atoms with van der Waals surface area (Å²) in [5.41, 5.74) is -1.08. The highest BCUT2D eigenvalue weighted by Crippen LogP contribution is 2.52. The number of nitrogens with zero attached hydrogens (tertiary/aromatic N) is 2. The molecule has 2 amide bonds. The van der Waals surface area contributed by atoms with Gasteiger partial charge >= 0.3 is 24.6 Å². The van der Waals surface area contributed by atoms with Crippen LogP contribution in [0.1, 0.15) is 75.6 Å². The van der Waals surface area contributed by atoms with E-state index in [9.17, 15) is 49.1 Å². The lowest BCUT2D eigenvalue weighted by Crippen LogP contribution is -2.32. The maximum absolute atomic E-state index is 14.2. The fourth-order valence-corrected chi connectivity index (χ4v) is 7.44. The molecule has 5 nitrogen and oxygen atoms in total. The molecule has 2 aliphatic heterocycles. The number of aryl methyl sites for hydroxylation is 1. The van der Waals surface area contributed by atoms with E-state index >= 15 is 0 Å². The lowest BCUT2D eigenvalue weighted by Gasteiger charge is -2.28. The predicted molar refractivity (Wildman–Crippen MR) is 174 cm³/mol. The fourth-order valence-electron chi connectivity index (χ4n) is 7.44. The summed E-state index contributed by atoms with van der Waals surface area (Å²) in [6.45, 7) is 3.24. The van der Waals surface area contributed by atoms with Gasteiger partial charge in [-0.15, -0.1) is 0 Å². The van der Waals surface area contributed by atoms with E-state index in [0.29, 0.717) is 34.6 Å². The van der Waals surface area contributed by atoms with E-state index < -0.39 is 64.9 Å². The van der Waals surface area contributed by atoms with Crippen molar-refractivity contribution >= 4 is 11.8 Å². The van der Waals surface area contributed by atoms with Gasteiger partial charge in [0.25, 0.3) is 0 Å². The molecule has 4 aromatic carbocycles. The van der Waals surface area contributed by atoms with Crippen LogP contribution in [0.5, 0.6) is 5.75 Å². The van der Waals surface area contributed by atoms with E-state index in [1.165, 1.54) is 32.0 Å². The molecular formula is C38H31F9N2O3. The summed E-state index contributed by atoms with van der Waals surface area (Å²) >= 11 is 0. The van der Waals surface area contributed by atoms with Gasteiger partial charge in [-0.3, -0.25) is 4.79 Å². The Kier molecular flexibility index (Phi) is 9.11. The monoisotopic (exact) mass is 734 g/mol. The number of amides is 2. The molecule has 0 bridgehead atoms. The molecule has 2 saturated heterocycles. The van der Waals surface area contributed by atoms with Gasteiger partial charge in [0.05, 0.1) is 41.9 Å². The minimum absolute atomic E-state index is 0.00505. The first-order valence-corrected chi connectivity index (χ1v) is 16.1. The Hall–Kier alpha value is -5.01. The lowest BCUT2D eigenvalue weighted by molar-refractivity contribution is -0.143. The average molecular weight is 735 g/mol. The second kappa shape index (κ2) is 12.9. The van der Waals surface area contributed by atoms with Gasteiger partial charge in [0.2, 0.25) is 0 Å². The maximum Gasteiger partial charge on any atom is 0.416 e. The predicted octanol–water partition coefficient (Wildman–Crippen LogP) is 10.9. The quantitative estimate of drug-likeness (QED) is 0.146. The van der Waals surface area contributed by atoms with Crippen molar-refractivity contribution in [3.8, 4) is 28.0 Å². The van der Waals surface area contributed by atoms with Crippen molar-refractivity contribution in [2.24, 2.45) is 0 Å². The molecule has 4 aromatic rings. The number of benzene rings is 4. The van der Waals surface area contributed by atoms with Crippen molar-refractivity contribution in [2.75, 3.05) is 14.2 Å². The summed E-state index contributed by atoms with van der Waals surface area (Å²) in [6, 6.07) is 10.5. The van der Waals surface area contributed by atoms with Crippen molar-refractivity contribution in [3.05, 3.63) is 112 Å². The van der Waals surface area contributed by atoms with Gasteiger partial charge in [-0.25, -0.2) is 4.79 Å². The number of ether oxygens (including phenoxy) is 1. The van der Waals surface area contributed by atoms with Crippen LogP contribution >= 0.6 is 0 Å². The first-order chi connectivity index (χ1) is 24.2. The second-order valence-corrected chi connectivity index (χ2v) is 13.0. The molecule has 2 aliphatic rings. The molecule has 0 spiro atoms. The maximum atomic E-state index is 14.2. The number of ketones is 1. The van der Waals surface area contributed by atoms with E-state index in [1.807, 2.05) is 6.92 Å². The van der Waals surface area contributed by atoms with Crippen molar-refractivity contribution < 1.29 is 53.8 Å². The van der Waals surface area contributed by atoms with Gasteiger partial charge in [-0.05, 0) is 109 Å². The van der Waals surface area contributed by atoms with Gasteiger partial charge < -0.3 is 14.5 Å². The Bertz CT molecular complexity index is 2040. The summed E-state index contributed by atoms with van der Waals surface area (Å²) in [7, 11) is 2.63. The smallest absolute Gasteiger partial charge is 0.416 e. The Labute approximate surface area is 292 Å². The zero-order chi connectivity index (χ0) is 38.1. The molecule has 52 heavy (non-hydrogen) atoms. The number of urea groups is 1. The number of hydrogen-bond acceptors (Lipinski definition) is 3. The largest absolute Gasteiger partial charge is 0.496 e. The molecule has 0 aromatic heterocycles. The van der Waals surface area contributed by atoms with Gasteiger partial charge in [0, 0.05) is 18.2 Å². The fraction of sp³-hybridized carbons (Fsp3) is 0.316. The van der Waals surface area contributed by atoms with E-state index in [2.05, 4.69) is 0 Å². The Balaban J connectivity index is 1.49. The molecule has 0 unspecified atom stereocenters. The average Bonchev–Trinajstić information content (AvgIpc) is 3.60. The summed E-state index contributed by atoms with van der Waals surface area (Å²) in [5.74, 6) is 0.163. The van der Waals surface area contributed by atoms with Crippen LogP contribution in [0.15, 0.2) is 72.8 Å². The second-order valence-electron chi connectivity index (χ2n) is 13.0. The SMILES string of the molecule is COc1ccc(-c2ccc(C(C)=O)cc2C)cc1-c1ccc(C(F)(F)F)cc1[C@@H]1CC[C@H]2[C@@H](c3cc(C(F)(F)F)cc(C(F)(F)F)c3)N(C)C(=O)N12. The summed E-state index contributed by atoms with van der Waals surface area (Å²) in [4.78, 5) is 28.1. The number of rotatable bonds is 6. The minimum Gasteiger partial charge on any atom is -0.496 e. The number of likely N-dealkylation sites (N-methyl/N-ethyl adjacent to an activating group) is 1. The molecule has 0 aliphatic carbocycles. The number of carbonyl (C=O) groups excluding carboxylic acids is 2. The van der Waals surface area contributed by atoms with Gasteiger partial charge in [0.1, 0.15) is 5.75 Å². The molecule has 274 valence electrons. The molecule has 3 atom stereocenters. The number of methoxy groups -OCH3 is 1. The number of alkyl halides is 9. The van der Waals surface area contributed by atoms with Crippen LogP contribution in [0.3, 0.4) is 0 Å². The number of hydrogen-bond donors (Lipinski definition) is 0. The molecule has 6 rings (SSSR count). The highest BCUT2D eigenvalue weighted by molar-refractivity contribution is 5.95. The highest BCUT2D eigenvalue weighted by atomic mass is 19.4. The molecule has 0 N–H and O–H groups in total. The lowest BCUT2D eigenvalue weighted by atomic mass is 9.89. The Morgan fingerprint density at radius 2 is 1.35 bits per heavy atom. The van der Waals surface area contributed by atoms with E-state index in [-0.39, 0.29) is 35.8 Å². The standard InChI is InChI=1S/C38H31F9N2O3/c1-19-13-21(20(2)50)5-8-27(19)22-6-12-33(52-4)30(16-22)28-9-7-24(36(39,40)41)18-29(28)31-10-11-32-34(48(3)35(51)49(31)32)23-14-25(37(42,43)44)17-26(15-23)38(45,46)47/h5-9,12-18,31-32,34H,10-11H2,1-4H3/t31-,32-,34+/m0/s1.